The minimum Gasteiger partial charge on any atom is -0.333 e. The number of alkyl halides is 2. The highest BCUT2D eigenvalue weighted by molar-refractivity contribution is 7.98. The van der Waals surface area contributed by atoms with Crippen LogP contribution in [0.3, 0.4) is 0 Å². The van der Waals surface area contributed by atoms with Crippen molar-refractivity contribution in [3.05, 3.63) is 41.4 Å². The van der Waals surface area contributed by atoms with Crippen molar-refractivity contribution in [2.45, 2.75) is 17.5 Å². The number of hydrogen-bond donors (Lipinski definition) is 1. The lowest BCUT2D eigenvalue weighted by Crippen LogP contribution is -2.02. The highest BCUT2D eigenvalue weighted by Crippen LogP contribution is 2.25. The second-order valence-electron chi connectivity index (χ2n) is 4.02. The Morgan fingerprint density at radius 1 is 1.40 bits per heavy atom. The molecular weight excluding hydrogens is 306 g/mol. The van der Waals surface area contributed by atoms with Gasteiger partial charge < -0.3 is 4.98 Å². The Morgan fingerprint density at radius 3 is 3.05 bits per heavy atom. The molecule has 0 bridgehead atoms. The molecule has 3 rings (SSSR count). The standard InChI is InChI=1S/C12H9ClF2N4S/c13-7-1-2-8-9(5-7)18-12(17-8)20-6-10-16-3-4-19(10)11(14)15/h1-5,11H,6H2,(H,17,18). The maximum Gasteiger partial charge on any atom is 0.319 e. The first-order chi connectivity index (χ1) is 9.63. The van der Waals surface area contributed by atoms with Crippen molar-refractivity contribution in [2.75, 3.05) is 0 Å². The van der Waals surface area contributed by atoms with Crippen molar-refractivity contribution < 1.29 is 8.78 Å². The van der Waals surface area contributed by atoms with Crippen LogP contribution >= 0.6 is 23.4 Å². The van der Waals surface area contributed by atoms with Gasteiger partial charge in [-0.25, -0.2) is 9.97 Å². The zero-order chi connectivity index (χ0) is 14.1. The fraction of sp³-hybridized carbons (Fsp3) is 0.167. The van der Waals surface area contributed by atoms with E-state index in [9.17, 15) is 8.78 Å². The summed E-state index contributed by atoms with van der Waals surface area (Å²) in [4.78, 5) is 11.4. The van der Waals surface area contributed by atoms with Crippen LogP contribution in [-0.4, -0.2) is 19.5 Å². The Labute approximate surface area is 122 Å². The molecule has 1 N–H and O–H groups in total. The van der Waals surface area contributed by atoms with Crippen LogP contribution in [0, 0.1) is 0 Å². The normalized spacial score (nSPS) is 11.6. The van der Waals surface area contributed by atoms with E-state index in [0.717, 1.165) is 15.6 Å². The number of H-pyrrole nitrogens is 1. The van der Waals surface area contributed by atoms with Gasteiger partial charge in [-0.1, -0.05) is 23.4 Å². The van der Waals surface area contributed by atoms with E-state index in [0.29, 0.717) is 21.8 Å². The third-order valence-corrected chi connectivity index (χ3v) is 3.82. The summed E-state index contributed by atoms with van der Waals surface area (Å²) in [7, 11) is 0. The summed E-state index contributed by atoms with van der Waals surface area (Å²) in [6.07, 6.45) is 2.62. The smallest absolute Gasteiger partial charge is 0.319 e. The average molecular weight is 315 g/mol. The molecule has 2 heterocycles. The van der Waals surface area contributed by atoms with Crippen molar-refractivity contribution >= 4 is 34.4 Å². The number of hydrogen-bond acceptors (Lipinski definition) is 3. The fourth-order valence-corrected chi connectivity index (χ4v) is 2.80. The molecule has 0 radical (unpaired) electrons. The Morgan fingerprint density at radius 2 is 2.25 bits per heavy atom. The minimum atomic E-state index is -2.58. The van der Waals surface area contributed by atoms with Crippen molar-refractivity contribution in [1.29, 1.82) is 0 Å². The number of nitrogens with one attached hydrogen (secondary N) is 1. The topological polar surface area (TPSA) is 46.5 Å². The fourth-order valence-electron chi connectivity index (χ4n) is 1.79. The van der Waals surface area contributed by atoms with Gasteiger partial charge in [0.2, 0.25) is 0 Å². The van der Waals surface area contributed by atoms with E-state index in [1.54, 1.807) is 18.2 Å². The molecule has 0 spiro atoms. The van der Waals surface area contributed by atoms with Gasteiger partial charge in [0.1, 0.15) is 5.82 Å². The van der Waals surface area contributed by atoms with Crippen molar-refractivity contribution in [2.24, 2.45) is 0 Å². The highest BCUT2D eigenvalue weighted by Gasteiger charge is 2.12. The maximum atomic E-state index is 12.7. The number of halogens is 3. The van der Waals surface area contributed by atoms with E-state index in [1.165, 1.54) is 24.2 Å². The van der Waals surface area contributed by atoms with Crippen LogP contribution in [0.4, 0.5) is 8.78 Å². The van der Waals surface area contributed by atoms with Crippen molar-refractivity contribution in [3.8, 4) is 0 Å². The van der Waals surface area contributed by atoms with Crippen LogP contribution in [0.15, 0.2) is 35.7 Å². The second kappa shape index (κ2) is 5.41. The molecule has 0 saturated heterocycles. The summed E-state index contributed by atoms with van der Waals surface area (Å²) in [5.74, 6) is 0.619. The zero-order valence-corrected chi connectivity index (χ0v) is 11.6. The van der Waals surface area contributed by atoms with Gasteiger partial charge in [-0.3, -0.25) is 4.57 Å². The molecule has 0 atom stereocenters. The summed E-state index contributed by atoms with van der Waals surface area (Å²) >= 11 is 7.21. The van der Waals surface area contributed by atoms with E-state index in [2.05, 4.69) is 15.0 Å². The number of fused-ring (bicyclic) bond motifs is 1. The van der Waals surface area contributed by atoms with Gasteiger partial charge in [-0.2, -0.15) is 8.78 Å². The monoisotopic (exact) mass is 314 g/mol. The molecule has 0 aliphatic carbocycles. The van der Waals surface area contributed by atoms with Crippen LogP contribution < -0.4 is 0 Å². The lowest BCUT2D eigenvalue weighted by Gasteiger charge is -2.04. The van der Waals surface area contributed by atoms with Gasteiger partial charge in [0, 0.05) is 17.4 Å². The summed E-state index contributed by atoms with van der Waals surface area (Å²) in [5, 5.41) is 1.26. The number of nitrogens with zero attached hydrogens (tertiary/aromatic N) is 3. The summed E-state index contributed by atoms with van der Waals surface area (Å²) in [6, 6.07) is 5.33. The largest absolute Gasteiger partial charge is 0.333 e. The SMILES string of the molecule is FC(F)n1ccnc1CSc1nc2ccc(Cl)cc2[nH]1. The van der Waals surface area contributed by atoms with E-state index in [-0.39, 0.29) is 0 Å². The number of rotatable bonds is 4. The number of aromatic amines is 1. The first kappa shape index (κ1) is 13.4. The quantitative estimate of drug-likeness (QED) is 0.737. The molecule has 0 unspecified atom stereocenters. The summed E-state index contributed by atoms with van der Waals surface area (Å²) in [6.45, 7) is -2.58. The molecule has 0 amide bonds. The third kappa shape index (κ3) is 2.64. The highest BCUT2D eigenvalue weighted by atomic mass is 35.5. The molecule has 3 aromatic rings. The van der Waals surface area contributed by atoms with E-state index in [1.807, 2.05) is 0 Å². The molecule has 20 heavy (non-hydrogen) atoms. The third-order valence-electron chi connectivity index (χ3n) is 2.72. The van der Waals surface area contributed by atoms with Crippen LogP contribution in [0.5, 0.6) is 0 Å². The lowest BCUT2D eigenvalue weighted by atomic mass is 10.3. The van der Waals surface area contributed by atoms with Crippen LogP contribution in [0.25, 0.3) is 11.0 Å². The zero-order valence-electron chi connectivity index (χ0n) is 10.1. The van der Waals surface area contributed by atoms with Crippen molar-refractivity contribution in [3.63, 3.8) is 0 Å². The first-order valence-corrected chi connectivity index (χ1v) is 7.08. The number of aromatic nitrogens is 4. The Bertz CT molecular complexity index is 740. The molecule has 4 nitrogen and oxygen atoms in total. The molecule has 0 saturated carbocycles. The molecule has 2 aromatic heterocycles. The molecule has 0 aliphatic rings. The molecule has 1 aromatic carbocycles. The lowest BCUT2D eigenvalue weighted by molar-refractivity contribution is 0.0678. The Kier molecular flexibility index (Phi) is 3.62. The number of benzene rings is 1. The predicted octanol–water partition coefficient (Wildman–Crippen LogP) is 4.10. The van der Waals surface area contributed by atoms with Crippen LogP contribution in [-0.2, 0) is 5.75 Å². The predicted molar refractivity (Wildman–Crippen MR) is 74.1 cm³/mol. The summed E-state index contributed by atoms with van der Waals surface area (Å²) < 4.78 is 26.2. The molecular formula is C12H9ClF2N4S. The Hall–Kier alpha value is -1.60. The Balaban J connectivity index is 1.78. The second-order valence-corrected chi connectivity index (χ2v) is 5.42. The maximum absolute atomic E-state index is 12.7. The van der Waals surface area contributed by atoms with E-state index >= 15 is 0 Å². The molecule has 0 fully saturated rings. The van der Waals surface area contributed by atoms with Gasteiger partial charge >= 0.3 is 6.55 Å². The van der Waals surface area contributed by atoms with Gasteiger partial charge in [-0.15, -0.1) is 0 Å². The molecule has 0 aliphatic heterocycles. The molecule has 8 heteroatoms. The van der Waals surface area contributed by atoms with Gasteiger partial charge in [0.05, 0.1) is 16.8 Å². The van der Waals surface area contributed by atoms with Gasteiger partial charge in [-0.05, 0) is 18.2 Å². The van der Waals surface area contributed by atoms with Crippen LogP contribution in [0.1, 0.15) is 12.4 Å². The van der Waals surface area contributed by atoms with E-state index in [4.69, 9.17) is 11.6 Å². The summed E-state index contributed by atoms with van der Waals surface area (Å²) in [5.41, 5.74) is 1.60. The minimum absolute atomic E-state index is 0.309. The average Bonchev–Trinajstić information content (AvgIpc) is 3.01. The van der Waals surface area contributed by atoms with Gasteiger partial charge in [0.15, 0.2) is 5.16 Å². The van der Waals surface area contributed by atoms with Crippen molar-refractivity contribution in [1.82, 2.24) is 19.5 Å². The molecule has 104 valence electrons. The first-order valence-electron chi connectivity index (χ1n) is 5.71. The number of thioether (sulfide) groups is 1. The van der Waals surface area contributed by atoms with Crippen LogP contribution in [0.2, 0.25) is 5.02 Å². The van der Waals surface area contributed by atoms with E-state index < -0.39 is 6.55 Å². The van der Waals surface area contributed by atoms with Gasteiger partial charge in [0.25, 0.3) is 0 Å². The number of imidazole rings is 2.